The van der Waals surface area contributed by atoms with Gasteiger partial charge in [-0.25, -0.2) is 15.0 Å². The van der Waals surface area contributed by atoms with Gasteiger partial charge in [-0.2, -0.15) is 0 Å². The van der Waals surface area contributed by atoms with E-state index in [0.29, 0.717) is 17.5 Å². The summed E-state index contributed by atoms with van der Waals surface area (Å²) in [6.07, 6.45) is 0. The van der Waals surface area contributed by atoms with Crippen molar-refractivity contribution in [2.75, 3.05) is 0 Å². The first-order valence-electron chi connectivity index (χ1n) is 25.1. The summed E-state index contributed by atoms with van der Waals surface area (Å²) in [6, 6.07) is 97.2. The zero-order chi connectivity index (χ0) is 49.0. The first kappa shape index (κ1) is 42.9. The van der Waals surface area contributed by atoms with Crippen molar-refractivity contribution in [2.24, 2.45) is 0 Å². The highest BCUT2D eigenvalue weighted by molar-refractivity contribution is 6.11. The first-order chi connectivity index (χ1) is 36.7. The van der Waals surface area contributed by atoms with E-state index in [9.17, 15) is 0 Å². The number of para-hydroxylation sites is 4. The van der Waals surface area contributed by atoms with E-state index in [2.05, 4.69) is 264 Å². The Labute approximate surface area is 428 Å². The average Bonchev–Trinajstić information content (AvgIpc) is 4.02. The van der Waals surface area contributed by atoms with Crippen LogP contribution in [0.25, 0.3) is 134 Å². The SMILES string of the molecule is c1ccc(-c2nc(-c3cccc(-c4cccc(-c5ccc6c(c5)c5ccccc5n6-c5ccccc5)c4)c3)nc(-c3cccc(-c4cccc(-c5ccc6c(c5)c5ccccc5n6-c5ccccc5)c4)c3)n2)cc1. The molecule has 14 rings (SSSR count). The molecule has 14 aromatic rings. The summed E-state index contributed by atoms with van der Waals surface area (Å²) in [6.45, 7) is 0. The highest BCUT2D eigenvalue weighted by Gasteiger charge is 2.18. The predicted molar refractivity (Wildman–Crippen MR) is 307 cm³/mol. The van der Waals surface area contributed by atoms with Gasteiger partial charge in [-0.05, 0) is 129 Å². The summed E-state index contributed by atoms with van der Waals surface area (Å²) in [5.41, 5.74) is 18.8. The summed E-state index contributed by atoms with van der Waals surface area (Å²) in [4.78, 5) is 15.5. The van der Waals surface area contributed by atoms with Crippen LogP contribution in [0.3, 0.4) is 0 Å². The summed E-state index contributed by atoms with van der Waals surface area (Å²) in [5.74, 6) is 1.85. The molecule has 0 N–H and O–H groups in total. The third-order valence-electron chi connectivity index (χ3n) is 14.3. The molecule has 0 bridgehead atoms. The second kappa shape index (κ2) is 18.0. The summed E-state index contributed by atoms with van der Waals surface area (Å²) < 4.78 is 4.72. The molecule has 0 saturated heterocycles. The highest BCUT2D eigenvalue weighted by Crippen LogP contribution is 2.39. The Morgan fingerprint density at radius 3 is 0.878 bits per heavy atom. The number of benzene rings is 11. The van der Waals surface area contributed by atoms with Crippen LogP contribution in [-0.4, -0.2) is 24.1 Å². The quantitative estimate of drug-likeness (QED) is 0.145. The van der Waals surface area contributed by atoms with Crippen molar-refractivity contribution in [2.45, 2.75) is 0 Å². The van der Waals surface area contributed by atoms with Crippen molar-refractivity contribution in [1.82, 2.24) is 24.1 Å². The van der Waals surface area contributed by atoms with E-state index in [1.54, 1.807) is 0 Å². The maximum atomic E-state index is 5.23. The lowest BCUT2D eigenvalue weighted by molar-refractivity contribution is 1.07. The van der Waals surface area contributed by atoms with Gasteiger partial charge >= 0.3 is 0 Å². The molecule has 0 unspecified atom stereocenters. The molecule has 74 heavy (non-hydrogen) atoms. The summed E-state index contributed by atoms with van der Waals surface area (Å²) >= 11 is 0. The summed E-state index contributed by atoms with van der Waals surface area (Å²) in [5, 5.41) is 4.93. The Kier molecular flexibility index (Phi) is 10.4. The lowest BCUT2D eigenvalue weighted by Gasteiger charge is -2.12. The zero-order valence-corrected chi connectivity index (χ0v) is 40.2. The molecular formula is C69H45N5. The van der Waals surface area contributed by atoms with E-state index in [0.717, 1.165) is 61.4 Å². The zero-order valence-electron chi connectivity index (χ0n) is 40.2. The fourth-order valence-electron chi connectivity index (χ4n) is 10.8. The van der Waals surface area contributed by atoms with Crippen LogP contribution in [0.1, 0.15) is 0 Å². The second-order valence-corrected chi connectivity index (χ2v) is 18.8. The van der Waals surface area contributed by atoms with Crippen molar-refractivity contribution in [1.29, 1.82) is 0 Å². The van der Waals surface area contributed by atoms with Gasteiger partial charge in [-0.15, -0.1) is 0 Å². The Balaban J connectivity index is 0.808. The monoisotopic (exact) mass is 943 g/mol. The van der Waals surface area contributed by atoms with Gasteiger partial charge in [0.05, 0.1) is 22.1 Å². The van der Waals surface area contributed by atoms with Gasteiger partial charge in [0.1, 0.15) is 0 Å². The van der Waals surface area contributed by atoms with Crippen LogP contribution < -0.4 is 0 Å². The number of fused-ring (bicyclic) bond motifs is 6. The van der Waals surface area contributed by atoms with Crippen LogP contribution in [0, 0.1) is 0 Å². The number of hydrogen-bond donors (Lipinski definition) is 0. The third-order valence-corrected chi connectivity index (χ3v) is 14.3. The minimum absolute atomic E-state index is 0.614. The van der Waals surface area contributed by atoms with Crippen molar-refractivity contribution in [3.8, 4) is 90.0 Å². The average molecular weight is 944 g/mol. The smallest absolute Gasteiger partial charge is 0.164 e. The number of rotatable bonds is 9. The molecule has 0 aliphatic heterocycles. The van der Waals surface area contributed by atoms with E-state index in [-0.39, 0.29) is 0 Å². The van der Waals surface area contributed by atoms with Crippen LogP contribution in [0.5, 0.6) is 0 Å². The molecule has 0 aliphatic carbocycles. The van der Waals surface area contributed by atoms with E-state index in [1.165, 1.54) is 54.7 Å². The van der Waals surface area contributed by atoms with Crippen molar-refractivity contribution in [3.05, 3.63) is 273 Å². The van der Waals surface area contributed by atoms with Crippen molar-refractivity contribution < 1.29 is 0 Å². The predicted octanol–water partition coefficient (Wildman–Crippen LogP) is 17.7. The number of aromatic nitrogens is 5. The molecule has 5 nitrogen and oxygen atoms in total. The van der Waals surface area contributed by atoms with Gasteiger partial charge in [0.25, 0.3) is 0 Å². The molecule has 3 heterocycles. The molecule has 346 valence electrons. The van der Waals surface area contributed by atoms with Crippen molar-refractivity contribution in [3.63, 3.8) is 0 Å². The summed E-state index contributed by atoms with van der Waals surface area (Å²) in [7, 11) is 0. The highest BCUT2D eigenvalue weighted by atomic mass is 15.0. The molecular weight excluding hydrogens is 899 g/mol. The van der Waals surface area contributed by atoms with Crippen LogP contribution >= 0.6 is 0 Å². The maximum absolute atomic E-state index is 5.23. The molecule has 0 fully saturated rings. The van der Waals surface area contributed by atoms with Gasteiger partial charge in [-0.1, -0.05) is 188 Å². The molecule has 0 radical (unpaired) electrons. The van der Waals surface area contributed by atoms with Gasteiger partial charge in [-0.3, -0.25) is 0 Å². The standard InChI is InChI=1S/C69H45N5/c1-4-18-46(19-5-1)67-70-68(55-26-16-24-51(42-55)47-20-14-22-49(40-47)53-36-38-65-61(44-53)59-32-10-12-34-63(59)73(65)57-28-6-2-7-29-57)72-69(71-67)56-27-17-25-52(43-56)48-21-15-23-50(41-48)54-37-39-66-62(45-54)60-33-11-13-35-64(60)74(66)58-30-8-3-9-31-58/h1-45H. The Hall–Kier alpha value is -9.97. The fourth-order valence-corrected chi connectivity index (χ4v) is 10.8. The molecule has 0 spiro atoms. The largest absolute Gasteiger partial charge is 0.309 e. The topological polar surface area (TPSA) is 48.5 Å². The fraction of sp³-hybridized carbons (Fsp3) is 0. The molecule has 0 aliphatic rings. The van der Waals surface area contributed by atoms with Crippen LogP contribution in [0.4, 0.5) is 0 Å². The lowest BCUT2D eigenvalue weighted by atomic mass is 9.96. The first-order valence-corrected chi connectivity index (χ1v) is 25.1. The number of nitrogens with zero attached hydrogens (tertiary/aromatic N) is 5. The van der Waals surface area contributed by atoms with Gasteiger partial charge in [0.15, 0.2) is 17.5 Å². The van der Waals surface area contributed by atoms with Gasteiger partial charge in [0.2, 0.25) is 0 Å². The van der Waals surface area contributed by atoms with Crippen LogP contribution in [-0.2, 0) is 0 Å². The van der Waals surface area contributed by atoms with Gasteiger partial charge in [0, 0.05) is 49.6 Å². The molecule has 3 aromatic heterocycles. The van der Waals surface area contributed by atoms with Crippen LogP contribution in [0.2, 0.25) is 0 Å². The molecule has 0 amide bonds. The van der Waals surface area contributed by atoms with E-state index >= 15 is 0 Å². The lowest BCUT2D eigenvalue weighted by Crippen LogP contribution is -2.00. The molecule has 11 aromatic carbocycles. The Morgan fingerprint density at radius 2 is 0.473 bits per heavy atom. The molecule has 5 heteroatoms. The second-order valence-electron chi connectivity index (χ2n) is 18.8. The third kappa shape index (κ3) is 7.63. The van der Waals surface area contributed by atoms with Crippen molar-refractivity contribution >= 4 is 43.6 Å². The molecule has 0 atom stereocenters. The maximum Gasteiger partial charge on any atom is 0.164 e. The molecule has 0 saturated carbocycles. The Morgan fingerprint density at radius 1 is 0.189 bits per heavy atom. The normalized spacial score (nSPS) is 11.5. The van der Waals surface area contributed by atoms with E-state index < -0.39 is 0 Å². The Bertz CT molecular complexity index is 4160. The minimum Gasteiger partial charge on any atom is -0.309 e. The van der Waals surface area contributed by atoms with E-state index in [1.807, 2.05) is 18.2 Å². The number of hydrogen-bond acceptors (Lipinski definition) is 3. The minimum atomic E-state index is 0.614. The van der Waals surface area contributed by atoms with Crippen LogP contribution in [0.15, 0.2) is 273 Å². The van der Waals surface area contributed by atoms with E-state index in [4.69, 9.17) is 15.0 Å². The van der Waals surface area contributed by atoms with Gasteiger partial charge < -0.3 is 9.13 Å².